The SMILES string of the molecule is CC[C@H](NC(=O)N1CCO[C@@H](Cc2ccccc2)C1)c1ccncc1. The van der Waals surface area contributed by atoms with Gasteiger partial charge < -0.3 is 15.0 Å². The molecule has 1 fully saturated rings. The Balaban J connectivity index is 1.58. The third-order valence-corrected chi connectivity index (χ3v) is 4.55. The van der Waals surface area contributed by atoms with Crippen LogP contribution in [-0.2, 0) is 11.2 Å². The molecule has 0 aliphatic carbocycles. The van der Waals surface area contributed by atoms with Gasteiger partial charge in [-0.05, 0) is 29.7 Å². The maximum absolute atomic E-state index is 12.7. The predicted molar refractivity (Wildman–Crippen MR) is 97.3 cm³/mol. The average molecular weight is 339 g/mol. The molecule has 1 saturated heterocycles. The molecule has 1 aromatic heterocycles. The smallest absolute Gasteiger partial charge is 0.318 e. The third kappa shape index (κ3) is 4.79. The zero-order chi connectivity index (χ0) is 17.5. The van der Waals surface area contributed by atoms with Crippen molar-refractivity contribution in [3.63, 3.8) is 0 Å². The Bertz CT molecular complexity index is 663. The lowest BCUT2D eigenvalue weighted by Gasteiger charge is -2.34. The van der Waals surface area contributed by atoms with Gasteiger partial charge in [0.25, 0.3) is 0 Å². The predicted octanol–water partition coefficient (Wildman–Crippen LogP) is 3.19. The Labute approximate surface area is 149 Å². The quantitative estimate of drug-likeness (QED) is 0.910. The summed E-state index contributed by atoms with van der Waals surface area (Å²) < 4.78 is 5.85. The van der Waals surface area contributed by atoms with Crippen molar-refractivity contribution >= 4 is 6.03 Å². The van der Waals surface area contributed by atoms with Crippen LogP contribution in [0.2, 0.25) is 0 Å². The number of amides is 2. The maximum atomic E-state index is 12.7. The van der Waals surface area contributed by atoms with Crippen LogP contribution in [0.1, 0.15) is 30.5 Å². The number of hydrogen-bond donors (Lipinski definition) is 1. The van der Waals surface area contributed by atoms with Gasteiger partial charge in [0.1, 0.15) is 0 Å². The summed E-state index contributed by atoms with van der Waals surface area (Å²) >= 11 is 0. The van der Waals surface area contributed by atoms with Gasteiger partial charge in [-0.3, -0.25) is 4.98 Å². The second-order valence-corrected chi connectivity index (χ2v) is 6.32. The van der Waals surface area contributed by atoms with Crippen molar-refractivity contribution in [2.45, 2.75) is 31.9 Å². The second-order valence-electron chi connectivity index (χ2n) is 6.32. The first-order valence-corrected chi connectivity index (χ1v) is 8.87. The van der Waals surface area contributed by atoms with Crippen LogP contribution in [0.3, 0.4) is 0 Å². The van der Waals surface area contributed by atoms with Gasteiger partial charge in [-0.2, -0.15) is 0 Å². The molecular weight excluding hydrogens is 314 g/mol. The zero-order valence-electron chi connectivity index (χ0n) is 14.6. The maximum Gasteiger partial charge on any atom is 0.318 e. The topological polar surface area (TPSA) is 54.5 Å². The summed E-state index contributed by atoms with van der Waals surface area (Å²) in [6.07, 6.45) is 5.23. The first-order chi connectivity index (χ1) is 12.3. The minimum Gasteiger partial charge on any atom is -0.374 e. The molecule has 5 nitrogen and oxygen atoms in total. The van der Waals surface area contributed by atoms with Crippen molar-refractivity contribution < 1.29 is 9.53 Å². The van der Waals surface area contributed by atoms with E-state index in [0.717, 1.165) is 18.4 Å². The van der Waals surface area contributed by atoms with Gasteiger partial charge in [0.15, 0.2) is 0 Å². The van der Waals surface area contributed by atoms with Gasteiger partial charge in [0.05, 0.1) is 18.8 Å². The number of nitrogens with zero attached hydrogens (tertiary/aromatic N) is 2. The Morgan fingerprint density at radius 2 is 2.04 bits per heavy atom. The van der Waals surface area contributed by atoms with E-state index in [1.807, 2.05) is 35.2 Å². The van der Waals surface area contributed by atoms with Crippen LogP contribution in [0.5, 0.6) is 0 Å². The molecule has 5 heteroatoms. The van der Waals surface area contributed by atoms with E-state index in [-0.39, 0.29) is 18.2 Å². The summed E-state index contributed by atoms with van der Waals surface area (Å²) in [5.41, 5.74) is 2.32. The summed E-state index contributed by atoms with van der Waals surface area (Å²) in [5, 5.41) is 3.14. The van der Waals surface area contributed by atoms with E-state index in [1.165, 1.54) is 5.56 Å². The van der Waals surface area contributed by atoms with E-state index in [0.29, 0.717) is 19.7 Å². The van der Waals surface area contributed by atoms with Crippen molar-refractivity contribution in [3.8, 4) is 0 Å². The second kappa shape index (κ2) is 8.62. The molecule has 1 aliphatic rings. The molecule has 0 spiro atoms. The number of morpholine rings is 1. The van der Waals surface area contributed by atoms with E-state index < -0.39 is 0 Å². The normalized spacial score (nSPS) is 18.6. The van der Waals surface area contributed by atoms with E-state index in [4.69, 9.17) is 4.74 Å². The number of aromatic nitrogens is 1. The fraction of sp³-hybridized carbons (Fsp3) is 0.400. The molecule has 132 valence electrons. The first-order valence-electron chi connectivity index (χ1n) is 8.87. The summed E-state index contributed by atoms with van der Waals surface area (Å²) in [4.78, 5) is 18.6. The highest BCUT2D eigenvalue weighted by molar-refractivity contribution is 5.74. The number of rotatable bonds is 5. The molecule has 1 N–H and O–H groups in total. The lowest BCUT2D eigenvalue weighted by Crippen LogP contribution is -2.50. The summed E-state index contributed by atoms with van der Waals surface area (Å²) in [5.74, 6) is 0. The third-order valence-electron chi connectivity index (χ3n) is 4.55. The highest BCUT2D eigenvalue weighted by atomic mass is 16.5. The Hall–Kier alpha value is -2.40. The molecule has 2 heterocycles. The fourth-order valence-corrected chi connectivity index (χ4v) is 3.16. The molecule has 2 amide bonds. The highest BCUT2D eigenvalue weighted by Gasteiger charge is 2.25. The van der Waals surface area contributed by atoms with Crippen molar-refractivity contribution in [2.24, 2.45) is 0 Å². The number of ether oxygens (including phenoxy) is 1. The van der Waals surface area contributed by atoms with Crippen LogP contribution in [0.15, 0.2) is 54.9 Å². The number of nitrogens with one attached hydrogen (secondary N) is 1. The number of carbonyl (C=O) groups is 1. The van der Waals surface area contributed by atoms with E-state index >= 15 is 0 Å². The minimum absolute atomic E-state index is 0.00548. The fourth-order valence-electron chi connectivity index (χ4n) is 3.16. The van der Waals surface area contributed by atoms with Crippen molar-refractivity contribution in [1.82, 2.24) is 15.2 Å². The molecule has 2 atom stereocenters. The van der Waals surface area contributed by atoms with E-state index in [2.05, 4.69) is 29.4 Å². The van der Waals surface area contributed by atoms with E-state index in [1.54, 1.807) is 12.4 Å². The number of carbonyl (C=O) groups excluding carboxylic acids is 1. The molecule has 0 bridgehead atoms. The van der Waals surface area contributed by atoms with Gasteiger partial charge in [0, 0.05) is 31.9 Å². The lowest BCUT2D eigenvalue weighted by molar-refractivity contribution is -0.0136. The van der Waals surface area contributed by atoms with Crippen LogP contribution < -0.4 is 5.32 Å². The van der Waals surface area contributed by atoms with Crippen LogP contribution in [0.25, 0.3) is 0 Å². The highest BCUT2D eigenvalue weighted by Crippen LogP contribution is 2.17. The first kappa shape index (κ1) is 17.4. The van der Waals surface area contributed by atoms with Crippen LogP contribution in [-0.4, -0.2) is 41.7 Å². The Morgan fingerprint density at radius 3 is 2.76 bits per heavy atom. The Morgan fingerprint density at radius 1 is 1.28 bits per heavy atom. The molecule has 0 radical (unpaired) electrons. The molecular formula is C20H25N3O2. The molecule has 0 unspecified atom stereocenters. The van der Waals surface area contributed by atoms with Crippen molar-refractivity contribution in [3.05, 3.63) is 66.0 Å². The number of urea groups is 1. The lowest BCUT2D eigenvalue weighted by atomic mass is 10.1. The summed E-state index contributed by atoms with van der Waals surface area (Å²) in [6.45, 7) is 3.90. The van der Waals surface area contributed by atoms with Crippen LogP contribution in [0.4, 0.5) is 4.79 Å². The zero-order valence-corrected chi connectivity index (χ0v) is 14.6. The summed E-state index contributed by atoms with van der Waals surface area (Å²) in [7, 11) is 0. The molecule has 1 aliphatic heterocycles. The van der Waals surface area contributed by atoms with Gasteiger partial charge >= 0.3 is 6.03 Å². The molecule has 0 saturated carbocycles. The monoisotopic (exact) mass is 339 g/mol. The van der Waals surface area contributed by atoms with Crippen molar-refractivity contribution in [1.29, 1.82) is 0 Å². The Kier molecular flexibility index (Phi) is 6.01. The number of benzene rings is 1. The van der Waals surface area contributed by atoms with Crippen molar-refractivity contribution in [2.75, 3.05) is 19.7 Å². The molecule has 25 heavy (non-hydrogen) atoms. The minimum atomic E-state index is -0.0231. The molecule has 2 aromatic rings. The number of hydrogen-bond acceptors (Lipinski definition) is 3. The van der Waals surface area contributed by atoms with Gasteiger partial charge in [-0.25, -0.2) is 4.79 Å². The van der Waals surface area contributed by atoms with Gasteiger partial charge in [0.2, 0.25) is 0 Å². The van der Waals surface area contributed by atoms with E-state index in [9.17, 15) is 4.79 Å². The average Bonchev–Trinajstić information content (AvgIpc) is 2.67. The molecule has 1 aromatic carbocycles. The standard InChI is InChI=1S/C20H25N3O2/c1-2-19(17-8-10-21-11-9-17)22-20(24)23-12-13-25-18(15-23)14-16-6-4-3-5-7-16/h3-11,18-19H,2,12-15H2,1H3,(H,22,24)/t18-,19-/m0/s1. The van der Waals surface area contributed by atoms with Crippen LogP contribution >= 0.6 is 0 Å². The molecule has 3 rings (SSSR count). The summed E-state index contributed by atoms with van der Waals surface area (Å²) in [6, 6.07) is 14.1. The van der Waals surface area contributed by atoms with Gasteiger partial charge in [-0.15, -0.1) is 0 Å². The number of pyridine rings is 1. The van der Waals surface area contributed by atoms with Gasteiger partial charge in [-0.1, -0.05) is 37.3 Å². The van der Waals surface area contributed by atoms with Crippen LogP contribution in [0, 0.1) is 0 Å². The largest absolute Gasteiger partial charge is 0.374 e.